The summed E-state index contributed by atoms with van der Waals surface area (Å²) < 4.78 is 0. The minimum atomic E-state index is 0.0598. The van der Waals surface area contributed by atoms with Crippen LogP contribution < -0.4 is 9.80 Å². The van der Waals surface area contributed by atoms with Crippen molar-refractivity contribution in [3.63, 3.8) is 0 Å². The van der Waals surface area contributed by atoms with E-state index in [1.54, 1.807) is 11.9 Å². The Labute approximate surface area is 94.5 Å². The summed E-state index contributed by atoms with van der Waals surface area (Å²) in [5.74, 6) is 0.0598. The monoisotopic (exact) mass is 218 g/mol. The van der Waals surface area contributed by atoms with Gasteiger partial charge in [-0.1, -0.05) is 12.1 Å². The van der Waals surface area contributed by atoms with Crippen LogP contribution in [0.3, 0.4) is 0 Å². The van der Waals surface area contributed by atoms with Crippen LogP contribution in [0.2, 0.25) is 0 Å². The second-order valence-corrected chi connectivity index (χ2v) is 3.82. The van der Waals surface area contributed by atoms with E-state index in [9.17, 15) is 9.59 Å². The molecule has 1 amide bonds. The van der Waals surface area contributed by atoms with Crippen LogP contribution in [0.4, 0.5) is 11.4 Å². The molecule has 1 aliphatic rings. The Balaban J connectivity index is 2.33. The fraction of sp³-hybridized carbons (Fsp3) is 0.333. The van der Waals surface area contributed by atoms with Crippen LogP contribution in [0.25, 0.3) is 0 Å². The number of benzene rings is 1. The highest BCUT2D eigenvalue weighted by Crippen LogP contribution is 2.31. The second-order valence-electron chi connectivity index (χ2n) is 3.82. The number of hydrogen-bond donors (Lipinski definition) is 0. The molecule has 0 radical (unpaired) electrons. The van der Waals surface area contributed by atoms with Gasteiger partial charge in [0.15, 0.2) is 0 Å². The van der Waals surface area contributed by atoms with Crippen LogP contribution in [-0.2, 0) is 9.59 Å². The molecule has 0 N–H and O–H groups in total. The lowest BCUT2D eigenvalue weighted by Crippen LogP contribution is -2.44. The van der Waals surface area contributed by atoms with E-state index in [0.29, 0.717) is 19.5 Å². The molecule has 1 aromatic carbocycles. The van der Waals surface area contributed by atoms with Crippen LogP contribution in [-0.4, -0.2) is 32.3 Å². The molecule has 0 fully saturated rings. The van der Waals surface area contributed by atoms with Crippen molar-refractivity contribution in [2.24, 2.45) is 0 Å². The SMILES string of the molecule is CN1C(=O)CN(CCC=O)c2ccccc21. The molecule has 4 nitrogen and oxygen atoms in total. The van der Waals surface area contributed by atoms with Gasteiger partial charge in [-0.3, -0.25) is 4.79 Å². The molecule has 0 aliphatic carbocycles. The van der Waals surface area contributed by atoms with E-state index in [4.69, 9.17) is 0 Å². The number of para-hydroxylation sites is 2. The Morgan fingerprint density at radius 2 is 2.00 bits per heavy atom. The molecule has 16 heavy (non-hydrogen) atoms. The van der Waals surface area contributed by atoms with Crippen molar-refractivity contribution in [3.8, 4) is 0 Å². The highest BCUT2D eigenvalue weighted by Gasteiger charge is 2.25. The van der Waals surface area contributed by atoms with Gasteiger partial charge in [-0.2, -0.15) is 0 Å². The maximum absolute atomic E-state index is 11.7. The summed E-state index contributed by atoms with van der Waals surface area (Å²) in [7, 11) is 1.78. The molecule has 0 aromatic heterocycles. The fourth-order valence-electron chi connectivity index (χ4n) is 1.91. The standard InChI is InChI=1S/C12H14N2O2/c1-13-10-5-2-3-6-11(10)14(7-4-8-15)9-12(13)16/h2-3,5-6,8H,4,7,9H2,1H3. The first-order chi connectivity index (χ1) is 7.74. The summed E-state index contributed by atoms with van der Waals surface area (Å²) in [5, 5.41) is 0. The number of carbonyl (C=O) groups is 2. The average Bonchev–Trinajstić information content (AvgIpc) is 2.32. The van der Waals surface area contributed by atoms with Crippen molar-refractivity contribution in [3.05, 3.63) is 24.3 Å². The van der Waals surface area contributed by atoms with Crippen molar-refractivity contribution in [1.29, 1.82) is 0 Å². The van der Waals surface area contributed by atoms with Gasteiger partial charge in [-0.25, -0.2) is 0 Å². The molecule has 2 rings (SSSR count). The molecule has 84 valence electrons. The predicted molar refractivity (Wildman–Crippen MR) is 62.7 cm³/mol. The smallest absolute Gasteiger partial charge is 0.246 e. The summed E-state index contributed by atoms with van der Waals surface area (Å²) in [6, 6.07) is 7.74. The number of carbonyl (C=O) groups excluding carboxylic acids is 2. The first-order valence-electron chi connectivity index (χ1n) is 5.28. The maximum Gasteiger partial charge on any atom is 0.246 e. The Morgan fingerprint density at radius 1 is 1.31 bits per heavy atom. The lowest BCUT2D eigenvalue weighted by molar-refractivity contribution is -0.117. The van der Waals surface area contributed by atoms with E-state index in [2.05, 4.69) is 0 Å². The van der Waals surface area contributed by atoms with Crippen LogP contribution >= 0.6 is 0 Å². The van der Waals surface area contributed by atoms with Crippen molar-refractivity contribution < 1.29 is 9.59 Å². The first-order valence-corrected chi connectivity index (χ1v) is 5.28. The minimum Gasteiger partial charge on any atom is -0.360 e. The molecule has 1 aromatic rings. The summed E-state index contributed by atoms with van der Waals surface area (Å²) in [4.78, 5) is 25.7. The van der Waals surface area contributed by atoms with E-state index in [1.165, 1.54) is 0 Å². The normalized spacial score (nSPS) is 14.9. The molecule has 0 saturated carbocycles. The third kappa shape index (κ3) is 1.78. The van der Waals surface area contributed by atoms with Crippen LogP contribution in [0.5, 0.6) is 0 Å². The molecular weight excluding hydrogens is 204 g/mol. The number of fused-ring (bicyclic) bond motifs is 1. The summed E-state index contributed by atoms with van der Waals surface area (Å²) in [6.07, 6.45) is 1.33. The van der Waals surface area contributed by atoms with Gasteiger partial charge in [-0.15, -0.1) is 0 Å². The number of nitrogens with zero attached hydrogens (tertiary/aromatic N) is 2. The van der Waals surface area contributed by atoms with Gasteiger partial charge in [0.05, 0.1) is 17.9 Å². The van der Waals surface area contributed by atoms with Crippen LogP contribution in [0.1, 0.15) is 6.42 Å². The number of aldehydes is 1. The fourth-order valence-corrected chi connectivity index (χ4v) is 1.91. The van der Waals surface area contributed by atoms with Crippen molar-refractivity contribution in [1.82, 2.24) is 0 Å². The van der Waals surface area contributed by atoms with Crippen LogP contribution in [0, 0.1) is 0 Å². The largest absolute Gasteiger partial charge is 0.360 e. The van der Waals surface area contributed by atoms with E-state index in [1.807, 2.05) is 29.2 Å². The Kier molecular flexibility index (Phi) is 2.90. The molecule has 1 heterocycles. The lowest BCUT2D eigenvalue weighted by Gasteiger charge is -2.35. The zero-order valence-electron chi connectivity index (χ0n) is 9.22. The topological polar surface area (TPSA) is 40.6 Å². The van der Waals surface area contributed by atoms with Gasteiger partial charge < -0.3 is 14.6 Å². The molecule has 0 unspecified atom stereocenters. The summed E-state index contributed by atoms with van der Waals surface area (Å²) >= 11 is 0. The molecule has 0 bridgehead atoms. The molecule has 0 saturated heterocycles. The highest BCUT2D eigenvalue weighted by molar-refractivity contribution is 6.02. The third-order valence-corrected chi connectivity index (χ3v) is 2.80. The number of hydrogen-bond acceptors (Lipinski definition) is 3. The first kappa shape index (κ1) is 10.7. The van der Waals surface area contributed by atoms with Gasteiger partial charge in [0.25, 0.3) is 0 Å². The molecule has 0 atom stereocenters. The van der Waals surface area contributed by atoms with E-state index >= 15 is 0 Å². The van der Waals surface area contributed by atoms with Crippen molar-refractivity contribution in [2.45, 2.75) is 6.42 Å². The number of anilines is 2. The van der Waals surface area contributed by atoms with Crippen LogP contribution in [0.15, 0.2) is 24.3 Å². The number of rotatable bonds is 3. The second kappa shape index (κ2) is 4.35. The Morgan fingerprint density at radius 3 is 2.69 bits per heavy atom. The quantitative estimate of drug-likeness (QED) is 0.712. The Hall–Kier alpha value is -1.84. The van der Waals surface area contributed by atoms with Gasteiger partial charge in [0, 0.05) is 20.0 Å². The lowest BCUT2D eigenvalue weighted by atomic mass is 10.1. The average molecular weight is 218 g/mol. The van der Waals surface area contributed by atoms with E-state index in [-0.39, 0.29) is 5.91 Å². The van der Waals surface area contributed by atoms with Gasteiger partial charge >= 0.3 is 0 Å². The molecule has 4 heteroatoms. The molecule has 1 aliphatic heterocycles. The molecule has 0 spiro atoms. The predicted octanol–water partition coefficient (Wildman–Crippen LogP) is 1.06. The highest BCUT2D eigenvalue weighted by atomic mass is 16.2. The van der Waals surface area contributed by atoms with Gasteiger partial charge in [0.2, 0.25) is 5.91 Å². The van der Waals surface area contributed by atoms with E-state index in [0.717, 1.165) is 17.7 Å². The van der Waals surface area contributed by atoms with Crippen molar-refractivity contribution >= 4 is 23.6 Å². The zero-order valence-corrected chi connectivity index (χ0v) is 9.22. The van der Waals surface area contributed by atoms with Gasteiger partial charge in [0.1, 0.15) is 6.29 Å². The number of likely N-dealkylation sites (N-methyl/N-ethyl adjacent to an activating group) is 1. The Bertz CT molecular complexity index is 417. The number of amides is 1. The summed E-state index contributed by atoms with van der Waals surface area (Å²) in [5.41, 5.74) is 1.93. The van der Waals surface area contributed by atoms with Crippen molar-refractivity contribution in [2.75, 3.05) is 29.9 Å². The minimum absolute atomic E-state index is 0.0598. The van der Waals surface area contributed by atoms with Gasteiger partial charge in [-0.05, 0) is 12.1 Å². The maximum atomic E-state index is 11.7. The molecular formula is C12H14N2O2. The zero-order chi connectivity index (χ0) is 11.5. The van der Waals surface area contributed by atoms with E-state index < -0.39 is 0 Å². The summed E-state index contributed by atoms with van der Waals surface area (Å²) in [6.45, 7) is 0.946. The third-order valence-electron chi connectivity index (χ3n) is 2.80.